The second-order valence-electron chi connectivity index (χ2n) is 7.14. The summed E-state index contributed by atoms with van der Waals surface area (Å²) in [6.07, 6.45) is 3.55. The fourth-order valence-corrected chi connectivity index (χ4v) is 3.55. The van der Waals surface area contributed by atoms with Gasteiger partial charge in [-0.15, -0.1) is 0 Å². The minimum Gasteiger partial charge on any atom is -0.451 e. The quantitative estimate of drug-likeness (QED) is 0.461. The van der Waals surface area contributed by atoms with Crippen LogP contribution in [0.2, 0.25) is 0 Å². The van der Waals surface area contributed by atoms with Crippen LogP contribution in [-0.4, -0.2) is 40.7 Å². The van der Waals surface area contributed by atoms with E-state index >= 15 is 0 Å². The van der Waals surface area contributed by atoms with E-state index in [4.69, 9.17) is 10.00 Å². The number of anilines is 1. The van der Waals surface area contributed by atoms with E-state index in [1.807, 2.05) is 18.2 Å². The van der Waals surface area contributed by atoms with Crippen LogP contribution in [0.5, 0.6) is 0 Å². The van der Waals surface area contributed by atoms with E-state index in [1.54, 1.807) is 18.2 Å². The van der Waals surface area contributed by atoms with Gasteiger partial charge in [-0.3, -0.25) is 19.3 Å². The normalized spacial score (nSPS) is 22.4. The SMILES string of the molecule is C[C@H](OC(=O)[C@H](C)N1C(=O)[C@H]2CC=CC[C@@H]2C1=O)C(=O)Nc1cccc(C#N)c1. The second kappa shape index (κ2) is 8.27. The molecule has 1 aromatic carbocycles. The Kier molecular flexibility index (Phi) is 5.78. The topological polar surface area (TPSA) is 117 Å². The molecule has 1 aromatic rings. The maximum Gasteiger partial charge on any atom is 0.329 e. The highest BCUT2D eigenvalue weighted by molar-refractivity contribution is 6.08. The molecule has 29 heavy (non-hydrogen) atoms. The fraction of sp³-hybridized carbons (Fsp3) is 0.381. The molecule has 1 fully saturated rings. The van der Waals surface area contributed by atoms with Crippen LogP contribution in [0.1, 0.15) is 32.3 Å². The van der Waals surface area contributed by atoms with Crippen LogP contribution >= 0.6 is 0 Å². The zero-order chi connectivity index (χ0) is 21.1. The maximum atomic E-state index is 12.6. The van der Waals surface area contributed by atoms with E-state index in [0.29, 0.717) is 24.1 Å². The number of benzene rings is 1. The van der Waals surface area contributed by atoms with Crippen molar-refractivity contribution in [1.29, 1.82) is 5.26 Å². The Balaban J connectivity index is 1.61. The number of ether oxygens (including phenoxy) is 1. The lowest BCUT2D eigenvalue weighted by Crippen LogP contribution is -2.46. The summed E-state index contributed by atoms with van der Waals surface area (Å²) in [5.74, 6) is -3.03. The van der Waals surface area contributed by atoms with E-state index < -0.39 is 35.9 Å². The first-order valence-electron chi connectivity index (χ1n) is 9.37. The van der Waals surface area contributed by atoms with Crippen LogP contribution < -0.4 is 5.32 Å². The van der Waals surface area contributed by atoms with Crippen LogP contribution in [0.25, 0.3) is 0 Å². The minimum absolute atomic E-state index is 0.376. The second-order valence-corrected chi connectivity index (χ2v) is 7.14. The molecule has 0 bridgehead atoms. The summed E-state index contributed by atoms with van der Waals surface area (Å²) in [5, 5.41) is 11.5. The summed E-state index contributed by atoms with van der Waals surface area (Å²) < 4.78 is 5.19. The zero-order valence-corrected chi connectivity index (χ0v) is 16.1. The summed E-state index contributed by atoms with van der Waals surface area (Å²) in [7, 11) is 0. The number of rotatable bonds is 5. The van der Waals surface area contributed by atoms with Gasteiger partial charge in [-0.05, 0) is 44.9 Å². The number of esters is 1. The molecule has 1 saturated heterocycles. The lowest BCUT2D eigenvalue weighted by molar-refractivity contribution is -0.163. The number of carbonyl (C=O) groups is 4. The molecular formula is C21H21N3O5. The monoisotopic (exact) mass is 395 g/mol. The highest BCUT2D eigenvalue weighted by Gasteiger charge is 2.50. The Hall–Kier alpha value is -3.47. The molecule has 8 heteroatoms. The molecule has 0 radical (unpaired) electrons. The number of nitrogens with zero attached hydrogens (tertiary/aromatic N) is 2. The van der Waals surface area contributed by atoms with Gasteiger partial charge in [-0.2, -0.15) is 5.26 Å². The lowest BCUT2D eigenvalue weighted by atomic mass is 9.85. The lowest BCUT2D eigenvalue weighted by Gasteiger charge is -2.23. The number of hydrogen-bond donors (Lipinski definition) is 1. The number of hydrogen-bond acceptors (Lipinski definition) is 6. The number of imide groups is 1. The van der Waals surface area contributed by atoms with Crippen LogP contribution in [0, 0.1) is 23.2 Å². The summed E-state index contributed by atoms with van der Waals surface area (Å²) in [5.41, 5.74) is 0.773. The number of carbonyl (C=O) groups excluding carboxylic acids is 4. The third-order valence-electron chi connectivity index (χ3n) is 5.19. The molecule has 0 aromatic heterocycles. The van der Waals surface area contributed by atoms with Crippen molar-refractivity contribution in [2.75, 3.05) is 5.32 Å². The van der Waals surface area contributed by atoms with Crippen LogP contribution in [0.15, 0.2) is 36.4 Å². The predicted molar refractivity (Wildman–Crippen MR) is 102 cm³/mol. The van der Waals surface area contributed by atoms with E-state index in [2.05, 4.69) is 5.32 Å². The van der Waals surface area contributed by atoms with Crippen LogP contribution in [0.3, 0.4) is 0 Å². The van der Waals surface area contributed by atoms with Crippen molar-refractivity contribution in [3.8, 4) is 6.07 Å². The molecule has 4 atom stereocenters. The Labute approximate surface area is 168 Å². The van der Waals surface area contributed by atoms with Crippen molar-refractivity contribution in [2.45, 2.75) is 38.8 Å². The smallest absolute Gasteiger partial charge is 0.329 e. The van der Waals surface area contributed by atoms with Gasteiger partial charge in [0.05, 0.1) is 23.5 Å². The molecule has 0 saturated carbocycles. The number of amides is 3. The molecule has 1 N–H and O–H groups in total. The fourth-order valence-electron chi connectivity index (χ4n) is 3.55. The summed E-state index contributed by atoms with van der Waals surface area (Å²) in [6, 6.07) is 7.16. The number of nitrogens with one attached hydrogen (secondary N) is 1. The van der Waals surface area contributed by atoms with E-state index in [9.17, 15) is 19.2 Å². The molecule has 0 spiro atoms. The van der Waals surface area contributed by atoms with Gasteiger partial charge in [-0.25, -0.2) is 4.79 Å². The van der Waals surface area contributed by atoms with E-state index in [-0.39, 0.29) is 11.8 Å². The predicted octanol–water partition coefficient (Wildman–Crippen LogP) is 1.77. The van der Waals surface area contributed by atoms with Gasteiger partial charge in [0.1, 0.15) is 6.04 Å². The average molecular weight is 395 g/mol. The highest BCUT2D eigenvalue weighted by Crippen LogP contribution is 2.36. The minimum atomic E-state index is -1.15. The van der Waals surface area contributed by atoms with Crippen molar-refractivity contribution in [3.63, 3.8) is 0 Å². The van der Waals surface area contributed by atoms with Gasteiger partial charge in [0, 0.05) is 5.69 Å². The largest absolute Gasteiger partial charge is 0.451 e. The van der Waals surface area contributed by atoms with Gasteiger partial charge in [-0.1, -0.05) is 18.2 Å². The third-order valence-corrected chi connectivity index (χ3v) is 5.19. The summed E-state index contributed by atoms with van der Waals surface area (Å²) in [4.78, 5) is 50.9. The molecule has 1 aliphatic carbocycles. The molecule has 3 rings (SSSR count). The van der Waals surface area contributed by atoms with E-state index in [1.165, 1.54) is 19.9 Å². The number of fused-ring (bicyclic) bond motifs is 1. The standard InChI is InChI=1S/C21H21N3O5/c1-12(24-19(26)16-8-3-4-9-17(16)20(24)27)21(28)29-13(2)18(25)23-15-7-5-6-14(10-15)11-22/h3-7,10,12-13,16-17H,8-9H2,1-2H3,(H,23,25)/t12-,13-,16-,17-/m0/s1. The van der Waals surface area contributed by atoms with Gasteiger partial charge in [0.25, 0.3) is 5.91 Å². The number of allylic oxidation sites excluding steroid dienone is 2. The molecule has 150 valence electrons. The number of nitriles is 1. The molecule has 1 aliphatic heterocycles. The highest BCUT2D eigenvalue weighted by atomic mass is 16.5. The first kappa shape index (κ1) is 20.3. The van der Waals surface area contributed by atoms with E-state index in [0.717, 1.165) is 4.90 Å². The van der Waals surface area contributed by atoms with Gasteiger partial charge in [0.2, 0.25) is 11.8 Å². The Bertz CT molecular complexity index is 906. The molecule has 8 nitrogen and oxygen atoms in total. The first-order chi connectivity index (χ1) is 13.8. The third kappa shape index (κ3) is 4.04. The van der Waals surface area contributed by atoms with Gasteiger partial charge in [0.15, 0.2) is 6.10 Å². The van der Waals surface area contributed by atoms with Crippen LogP contribution in [-0.2, 0) is 23.9 Å². The molecule has 1 heterocycles. The first-order valence-corrected chi connectivity index (χ1v) is 9.37. The zero-order valence-electron chi connectivity index (χ0n) is 16.1. The summed E-state index contributed by atoms with van der Waals surface area (Å²) >= 11 is 0. The Morgan fingerprint density at radius 2 is 1.79 bits per heavy atom. The molecule has 2 aliphatic rings. The van der Waals surface area contributed by atoms with Crippen molar-refractivity contribution < 1.29 is 23.9 Å². The number of likely N-dealkylation sites (tertiary alicyclic amines) is 1. The Morgan fingerprint density at radius 1 is 1.17 bits per heavy atom. The van der Waals surface area contributed by atoms with Crippen molar-refractivity contribution >= 4 is 29.4 Å². The van der Waals surface area contributed by atoms with Crippen molar-refractivity contribution in [3.05, 3.63) is 42.0 Å². The van der Waals surface area contributed by atoms with Crippen molar-refractivity contribution in [1.82, 2.24) is 4.90 Å². The van der Waals surface area contributed by atoms with Gasteiger partial charge < -0.3 is 10.1 Å². The van der Waals surface area contributed by atoms with Crippen LogP contribution in [0.4, 0.5) is 5.69 Å². The molecule has 3 amide bonds. The van der Waals surface area contributed by atoms with Gasteiger partial charge >= 0.3 is 5.97 Å². The summed E-state index contributed by atoms with van der Waals surface area (Å²) in [6.45, 7) is 2.81. The molecule has 0 unspecified atom stereocenters. The maximum absolute atomic E-state index is 12.6. The average Bonchev–Trinajstić information content (AvgIpc) is 2.98. The Morgan fingerprint density at radius 3 is 2.38 bits per heavy atom. The van der Waals surface area contributed by atoms with Crippen molar-refractivity contribution in [2.24, 2.45) is 11.8 Å². The molecular weight excluding hydrogens is 374 g/mol.